The van der Waals surface area contributed by atoms with Gasteiger partial charge in [0.25, 0.3) is 5.69 Å². The van der Waals surface area contributed by atoms with E-state index >= 15 is 0 Å². The number of carboxylic acids is 1. The Bertz CT molecular complexity index is 881. The largest absolute Gasteiger partial charge is 0.481 e. The summed E-state index contributed by atoms with van der Waals surface area (Å²) in [5, 5.41) is 20.9. The van der Waals surface area contributed by atoms with E-state index in [1.165, 1.54) is 12.1 Å². The zero-order valence-electron chi connectivity index (χ0n) is 14.2. The van der Waals surface area contributed by atoms with Gasteiger partial charge < -0.3 is 10.0 Å². The Morgan fingerprint density at radius 1 is 1.15 bits per heavy atom. The van der Waals surface area contributed by atoms with Crippen LogP contribution in [0.4, 0.5) is 11.4 Å². The highest BCUT2D eigenvalue weighted by atomic mass is 16.6. The molecule has 26 heavy (non-hydrogen) atoms. The van der Waals surface area contributed by atoms with Gasteiger partial charge in [-0.1, -0.05) is 30.3 Å². The lowest BCUT2D eigenvalue weighted by molar-refractivity contribution is -0.384. The van der Waals surface area contributed by atoms with E-state index in [4.69, 9.17) is 0 Å². The summed E-state index contributed by atoms with van der Waals surface area (Å²) in [6, 6.07) is 12.9. The standard InChI is InChI=1S/C19H18N2O5/c1-19(18(23)24)9-10-20(12-19)15-8-7-14(11-16(15)21(25)26)17(22)13-5-3-2-4-6-13/h2-8,11H,9-10,12H2,1H3,(H,23,24). The van der Waals surface area contributed by atoms with E-state index in [1.54, 1.807) is 48.2 Å². The predicted octanol–water partition coefficient (Wildman–Crippen LogP) is 3.13. The van der Waals surface area contributed by atoms with Gasteiger partial charge in [-0.15, -0.1) is 0 Å². The zero-order valence-corrected chi connectivity index (χ0v) is 14.2. The molecule has 0 saturated carbocycles. The molecule has 134 valence electrons. The third kappa shape index (κ3) is 3.15. The smallest absolute Gasteiger partial charge is 0.311 e. The van der Waals surface area contributed by atoms with Crippen molar-refractivity contribution in [2.45, 2.75) is 13.3 Å². The zero-order chi connectivity index (χ0) is 18.9. The maximum Gasteiger partial charge on any atom is 0.311 e. The fourth-order valence-corrected chi connectivity index (χ4v) is 3.18. The Hall–Kier alpha value is -3.22. The molecule has 1 saturated heterocycles. The molecule has 1 fully saturated rings. The topological polar surface area (TPSA) is 101 Å². The molecule has 0 amide bonds. The molecule has 0 bridgehead atoms. The monoisotopic (exact) mass is 354 g/mol. The normalized spacial score (nSPS) is 19.3. The van der Waals surface area contributed by atoms with Crippen LogP contribution in [0.2, 0.25) is 0 Å². The Labute approximate surface area is 150 Å². The van der Waals surface area contributed by atoms with E-state index in [2.05, 4.69) is 0 Å². The second-order valence-corrected chi connectivity index (χ2v) is 6.69. The number of hydrogen-bond acceptors (Lipinski definition) is 5. The molecule has 3 rings (SSSR count). The molecule has 7 heteroatoms. The molecule has 2 aromatic carbocycles. The van der Waals surface area contributed by atoms with Crippen LogP contribution in [0, 0.1) is 15.5 Å². The van der Waals surface area contributed by atoms with Crippen molar-refractivity contribution in [3.8, 4) is 0 Å². The number of rotatable bonds is 5. The number of ketones is 1. The summed E-state index contributed by atoms with van der Waals surface area (Å²) in [5.41, 5.74) is -0.112. The minimum atomic E-state index is -0.938. The lowest BCUT2D eigenvalue weighted by Gasteiger charge is -2.21. The second-order valence-electron chi connectivity index (χ2n) is 6.69. The van der Waals surface area contributed by atoms with Crippen LogP contribution in [0.5, 0.6) is 0 Å². The first kappa shape index (κ1) is 17.6. The van der Waals surface area contributed by atoms with Gasteiger partial charge in [0.05, 0.1) is 10.3 Å². The lowest BCUT2D eigenvalue weighted by Crippen LogP contribution is -2.31. The van der Waals surface area contributed by atoms with Crippen LogP contribution in [0.3, 0.4) is 0 Å². The van der Waals surface area contributed by atoms with Crippen molar-refractivity contribution in [1.29, 1.82) is 0 Å². The number of carbonyl (C=O) groups excluding carboxylic acids is 1. The Kier molecular flexibility index (Phi) is 4.46. The summed E-state index contributed by atoms with van der Waals surface area (Å²) >= 11 is 0. The fraction of sp³-hybridized carbons (Fsp3) is 0.263. The molecule has 1 aliphatic heterocycles. The number of benzene rings is 2. The van der Waals surface area contributed by atoms with Gasteiger partial charge >= 0.3 is 5.97 Å². The van der Waals surface area contributed by atoms with Gasteiger partial charge in [0.15, 0.2) is 5.78 Å². The molecular weight excluding hydrogens is 336 g/mol. The molecule has 1 unspecified atom stereocenters. The minimum Gasteiger partial charge on any atom is -0.481 e. The Morgan fingerprint density at radius 3 is 2.42 bits per heavy atom. The van der Waals surface area contributed by atoms with Crippen molar-refractivity contribution in [2.24, 2.45) is 5.41 Å². The molecular formula is C19H18N2O5. The van der Waals surface area contributed by atoms with Crippen LogP contribution in [0.15, 0.2) is 48.5 Å². The van der Waals surface area contributed by atoms with Crippen molar-refractivity contribution in [3.05, 3.63) is 69.8 Å². The van der Waals surface area contributed by atoms with E-state index in [1.807, 2.05) is 0 Å². The number of carboxylic acid groups (broad SMARTS) is 1. The van der Waals surface area contributed by atoms with E-state index in [0.29, 0.717) is 24.2 Å². The number of anilines is 1. The maximum absolute atomic E-state index is 12.5. The summed E-state index contributed by atoms with van der Waals surface area (Å²) in [7, 11) is 0. The summed E-state index contributed by atoms with van der Waals surface area (Å²) in [6.07, 6.45) is 0.407. The maximum atomic E-state index is 12.5. The van der Waals surface area contributed by atoms with E-state index in [-0.39, 0.29) is 23.6 Å². The number of nitro groups is 1. The molecule has 1 atom stereocenters. The third-order valence-corrected chi connectivity index (χ3v) is 4.80. The van der Waals surface area contributed by atoms with Crippen LogP contribution in [-0.4, -0.2) is 34.9 Å². The average molecular weight is 354 g/mol. The van der Waals surface area contributed by atoms with Gasteiger partial charge in [0, 0.05) is 30.3 Å². The van der Waals surface area contributed by atoms with E-state index < -0.39 is 16.3 Å². The Morgan fingerprint density at radius 2 is 1.85 bits per heavy atom. The highest BCUT2D eigenvalue weighted by Crippen LogP contribution is 2.38. The van der Waals surface area contributed by atoms with E-state index in [9.17, 15) is 24.8 Å². The SMILES string of the molecule is CC1(C(=O)O)CCN(c2ccc(C(=O)c3ccccc3)cc2[N+](=O)[O-])C1. The van der Waals surface area contributed by atoms with Crippen LogP contribution >= 0.6 is 0 Å². The summed E-state index contributed by atoms with van der Waals surface area (Å²) in [5.74, 6) is -1.21. The van der Waals surface area contributed by atoms with Crippen LogP contribution in [0.25, 0.3) is 0 Å². The minimum absolute atomic E-state index is 0.190. The van der Waals surface area contributed by atoms with Gasteiger partial charge in [0.2, 0.25) is 0 Å². The van der Waals surface area contributed by atoms with Gasteiger partial charge in [-0.2, -0.15) is 0 Å². The van der Waals surface area contributed by atoms with Crippen molar-refractivity contribution < 1.29 is 19.6 Å². The summed E-state index contributed by atoms with van der Waals surface area (Å²) in [4.78, 5) is 36.6. The number of carbonyl (C=O) groups is 2. The molecule has 1 aliphatic rings. The first-order valence-corrected chi connectivity index (χ1v) is 8.18. The van der Waals surface area contributed by atoms with Crippen molar-refractivity contribution in [2.75, 3.05) is 18.0 Å². The highest BCUT2D eigenvalue weighted by molar-refractivity contribution is 6.09. The molecule has 0 aliphatic carbocycles. The van der Waals surface area contributed by atoms with Gasteiger partial charge in [-0.05, 0) is 25.5 Å². The van der Waals surface area contributed by atoms with Crippen molar-refractivity contribution in [1.82, 2.24) is 0 Å². The molecule has 7 nitrogen and oxygen atoms in total. The summed E-state index contributed by atoms with van der Waals surface area (Å²) < 4.78 is 0. The molecule has 1 N–H and O–H groups in total. The molecule has 2 aromatic rings. The van der Waals surface area contributed by atoms with Crippen LogP contribution in [-0.2, 0) is 4.79 Å². The lowest BCUT2D eigenvalue weighted by atomic mass is 9.90. The van der Waals surface area contributed by atoms with E-state index in [0.717, 1.165) is 0 Å². The first-order chi connectivity index (χ1) is 12.3. The predicted molar refractivity (Wildman–Crippen MR) is 95.5 cm³/mol. The number of hydrogen-bond donors (Lipinski definition) is 1. The van der Waals surface area contributed by atoms with Crippen molar-refractivity contribution >= 4 is 23.1 Å². The van der Waals surface area contributed by atoms with Crippen LogP contribution in [0.1, 0.15) is 29.3 Å². The second kappa shape index (κ2) is 6.59. The number of nitrogens with zero attached hydrogens (tertiary/aromatic N) is 2. The fourth-order valence-electron chi connectivity index (χ4n) is 3.18. The first-order valence-electron chi connectivity index (χ1n) is 8.18. The molecule has 0 spiro atoms. The van der Waals surface area contributed by atoms with Crippen LogP contribution < -0.4 is 4.90 Å². The van der Waals surface area contributed by atoms with Crippen molar-refractivity contribution in [3.63, 3.8) is 0 Å². The Balaban J connectivity index is 1.95. The molecule has 0 aromatic heterocycles. The van der Waals surface area contributed by atoms with Gasteiger partial charge in [-0.3, -0.25) is 19.7 Å². The molecule has 1 heterocycles. The van der Waals surface area contributed by atoms with Gasteiger partial charge in [0.1, 0.15) is 5.69 Å². The summed E-state index contributed by atoms with van der Waals surface area (Å²) in [6.45, 7) is 2.24. The van der Waals surface area contributed by atoms with Gasteiger partial charge in [-0.25, -0.2) is 0 Å². The average Bonchev–Trinajstić information content (AvgIpc) is 3.05. The quantitative estimate of drug-likeness (QED) is 0.503. The highest BCUT2D eigenvalue weighted by Gasteiger charge is 2.42. The third-order valence-electron chi connectivity index (χ3n) is 4.80. The number of aliphatic carboxylic acids is 1. The molecule has 0 radical (unpaired) electrons. The number of nitro benzene ring substituents is 1.